The Labute approximate surface area is 134 Å². The van der Waals surface area contributed by atoms with Crippen LogP contribution in [0.3, 0.4) is 0 Å². The maximum absolute atomic E-state index is 13.1. The lowest BCUT2D eigenvalue weighted by atomic mass is 9.67. The largest absolute Gasteiger partial charge is 0.385 e. The summed E-state index contributed by atoms with van der Waals surface area (Å²) < 4.78 is 15.0. The second kappa shape index (κ2) is 4.65. The molecule has 4 heteroatoms. The lowest BCUT2D eigenvalue weighted by Gasteiger charge is -2.40. The highest BCUT2D eigenvalue weighted by Gasteiger charge is 2.53. The van der Waals surface area contributed by atoms with Crippen LogP contribution >= 0.6 is 0 Å². The van der Waals surface area contributed by atoms with Gasteiger partial charge in [-0.3, -0.25) is 0 Å². The maximum atomic E-state index is 13.1. The number of hydrogen-bond donors (Lipinski definition) is 1. The summed E-state index contributed by atoms with van der Waals surface area (Å²) in [6.07, 6.45) is 7.96. The van der Waals surface area contributed by atoms with Crippen LogP contribution < -0.4 is 0 Å². The van der Waals surface area contributed by atoms with Gasteiger partial charge in [0.15, 0.2) is 0 Å². The molecule has 118 valence electrons. The summed E-state index contributed by atoms with van der Waals surface area (Å²) in [5.41, 5.74) is 3.01. The van der Waals surface area contributed by atoms with Crippen LogP contribution in [0, 0.1) is 11.2 Å². The van der Waals surface area contributed by atoms with Gasteiger partial charge in [-0.15, -0.1) is 6.58 Å². The van der Waals surface area contributed by atoms with Gasteiger partial charge in [0.25, 0.3) is 0 Å². The standard InChI is InChI=1S/C19H19FN2O/c1-3-19(23)9-8-14-10-17-13(11-18(14,19)2)12-21-22(17)16-6-4-15(20)5-7-16/h3-7,10,12,23H,1,8-9,11H2,2H3/t18-,19-/m0/s1. The zero-order chi connectivity index (χ0) is 16.2. The molecule has 2 aromatic rings. The Morgan fingerprint density at radius 3 is 2.78 bits per heavy atom. The Kier molecular flexibility index (Phi) is 2.91. The molecule has 1 N–H and O–H groups in total. The van der Waals surface area contributed by atoms with E-state index in [9.17, 15) is 9.50 Å². The summed E-state index contributed by atoms with van der Waals surface area (Å²) in [6, 6.07) is 6.33. The summed E-state index contributed by atoms with van der Waals surface area (Å²) in [5, 5.41) is 15.4. The normalized spacial score (nSPS) is 28.9. The van der Waals surface area contributed by atoms with Gasteiger partial charge in [0.2, 0.25) is 0 Å². The van der Waals surface area contributed by atoms with Crippen molar-refractivity contribution in [3.63, 3.8) is 0 Å². The smallest absolute Gasteiger partial charge is 0.123 e. The molecule has 2 aliphatic carbocycles. The number of halogens is 1. The number of rotatable bonds is 2. The van der Waals surface area contributed by atoms with E-state index in [1.807, 2.05) is 10.9 Å². The summed E-state index contributed by atoms with van der Waals surface area (Å²) >= 11 is 0. The topological polar surface area (TPSA) is 38.1 Å². The number of nitrogens with zero attached hydrogens (tertiary/aromatic N) is 2. The first-order chi connectivity index (χ1) is 11.0. The molecular weight excluding hydrogens is 291 g/mol. The van der Waals surface area contributed by atoms with Crippen molar-refractivity contribution in [3.8, 4) is 5.69 Å². The number of benzene rings is 1. The molecule has 0 amide bonds. The van der Waals surface area contributed by atoms with Crippen LogP contribution in [0.4, 0.5) is 4.39 Å². The van der Waals surface area contributed by atoms with Crippen molar-refractivity contribution in [2.24, 2.45) is 5.41 Å². The minimum absolute atomic E-state index is 0.257. The highest BCUT2D eigenvalue weighted by Crippen LogP contribution is 2.55. The molecule has 4 rings (SSSR count). The predicted octanol–water partition coefficient (Wildman–Crippen LogP) is 3.67. The molecule has 0 saturated heterocycles. The van der Waals surface area contributed by atoms with Gasteiger partial charge in [-0.1, -0.05) is 18.6 Å². The van der Waals surface area contributed by atoms with Crippen LogP contribution in [0.2, 0.25) is 0 Å². The second-order valence-electron chi connectivity index (χ2n) is 6.75. The second-order valence-corrected chi connectivity index (χ2v) is 6.75. The van der Waals surface area contributed by atoms with Gasteiger partial charge >= 0.3 is 0 Å². The fourth-order valence-electron chi connectivity index (χ4n) is 4.00. The lowest BCUT2D eigenvalue weighted by Crippen LogP contribution is -2.43. The van der Waals surface area contributed by atoms with Gasteiger partial charge in [0, 0.05) is 5.41 Å². The van der Waals surface area contributed by atoms with Gasteiger partial charge in [-0.2, -0.15) is 5.10 Å². The van der Waals surface area contributed by atoms with E-state index in [0.717, 1.165) is 29.8 Å². The molecule has 3 nitrogen and oxygen atoms in total. The molecule has 0 radical (unpaired) electrons. The summed E-state index contributed by atoms with van der Waals surface area (Å²) in [4.78, 5) is 0. The molecule has 0 aliphatic heterocycles. The first-order valence-electron chi connectivity index (χ1n) is 7.87. The number of aliphatic hydroxyl groups is 1. The molecule has 1 saturated carbocycles. The van der Waals surface area contributed by atoms with Gasteiger partial charge in [0.1, 0.15) is 5.82 Å². The highest BCUT2D eigenvalue weighted by atomic mass is 19.1. The molecule has 1 heterocycles. The summed E-state index contributed by atoms with van der Waals surface area (Å²) in [6.45, 7) is 5.94. The van der Waals surface area contributed by atoms with Crippen molar-refractivity contribution in [1.82, 2.24) is 9.78 Å². The van der Waals surface area contributed by atoms with E-state index in [2.05, 4.69) is 24.7 Å². The Morgan fingerprint density at radius 1 is 1.35 bits per heavy atom. The average Bonchev–Trinajstić information content (AvgIpc) is 3.05. The minimum atomic E-state index is -0.867. The van der Waals surface area contributed by atoms with Crippen LogP contribution in [0.25, 0.3) is 11.8 Å². The van der Waals surface area contributed by atoms with E-state index < -0.39 is 5.60 Å². The lowest BCUT2D eigenvalue weighted by molar-refractivity contribution is 0.00627. The third-order valence-electron chi connectivity index (χ3n) is 5.59. The Morgan fingerprint density at radius 2 is 2.09 bits per heavy atom. The first kappa shape index (κ1) is 14.4. The van der Waals surface area contributed by atoms with E-state index in [-0.39, 0.29) is 11.2 Å². The number of fused-ring (bicyclic) bond motifs is 2. The molecule has 23 heavy (non-hydrogen) atoms. The van der Waals surface area contributed by atoms with Crippen LogP contribution in [0.5, 0.6) is 0 Å². The predicted molar refractivity (Wildman–Crippen MR) is 87.7 cm³/mol. The Bertz CT molecular complexity index is 820. The van der Waals surface area contributed by atoms with Crippen LogP contribution in [-0.2, 0) is 6.42 Å². The molecule has 2 aliphatic rings. The first-order valence-corrected chi connectivity index (χ1v) is 7.87. The van der Waals surface area contributed by atoms with E-state index in [4.69, 9.17) is 0 Å². The van der Waals surface area contributed by atoms with Gasteiger partial charge in [0.05, 0.1) is 23.2 Å². The van der Waals surface area contributed by atoms with Crippen molar-refractivity contribution in [2.45, 2.75) is 31.8 Å². The van der Waals surface area contributed by atoms with Gasteiger partial charge in [-0.25, -0.2) is 9.07 Å². The quantitative estimate of drug-likeness (QED) is 0.860. The van der Waals surface area contributed by atoms with Crippen molar-refractivity contribution in [1.29, 1.82) is 0 Å². The zero-order valence-corrected chi connectivity index (χ0v) is 13.1. The van der Waals surface area contributed by atoms with Crippen molar-refractivity contribution in [3.05, 3.63) is 65.8 Å². The van der Waals surface area contributed by atoms with Crippen LogP contribution in [0.1, 0.15) is 31.0 Å². The van der Waals surface area contributed by atoms with E-state index >= 15 is 0 Å². The summed E-state index contributed by atoms with van der Waals surface area (Å²) in [5.74, 6) is -0.257. The molecule has 0 bridgehead atoms. The van der Waals surface area contributed by atoms with Crippen molar-refractivity contribution < 1.29 is 9.50 Å². The molecule has 0 unspecified atom stereocenters. The SMILES string of the molecule is C=C[C@]1(O)CCC2=Cc3c(cnn3-c3ccc(F)cc3)C[C@@]21C. The third-order valence-corrected chi connectivity index (χ3v) is 5.59. The zero-order valence-electron chi connectivity index (χ0n) is 13.1. The van der Waals surface area contributed by atoms with E-state index in [1.54, 1.807) is 18.2 Å². The number of hydrogen-bond acceptors (Lipinski definition) is 2. The fourth-order valence-corrected chi connectivity index (χ4v) is 4.00. The van der Waals surface area contributed by atoms with Gasteiger partial charge < -0.3 is 5.11 Å². The molecule has 1 fully saturated rings. The Balaban J connectivity index is 1.82. The summed E-state index contributed by atoms with van der Waals surface area (Å²) in [7, 11) is 0. The molecule has 0 spiro atoms. The Hall–Kier alpha value is -2.20. The number of aromatic nitrogens is 2. The molecular formula is C19H19FN2O. The van der Waals surface area contributed by atoms with Gasteiger partial charge in [-0.05, 0) is 55.2 Å². The van der Waals surface area contributed by atoms with E-state index in [1.165, 1.54) is 17.7 Å². The molecule has 1 aromatic heterocycles. The van der Waals surface area contributed by atoms with Crippen LogP contribution in [-0.4, -0.2) is 20.5 Å². The third kappa shape index (κ3) is 1.88. The van der Waals surface area contributed by atoms with Crippen molar-refractivity contribution >= 4 is 6.08 Å². The fraction of sp³-hybridized carbons (Fsp3) is 0.316. The maximum Gasteiger partial charge on any atom is 0.123 e. The minimum Gasteiger partial charge on any atom is -0.385 e. The van der Waals surface area contributed by atoms with Crippen molar-refractivity contribution in [2.75, 3.05) is 0 Å². The molecule has 2 atom stereocenters. The molecule has 1 aromatic carbocycles. The average molecular weight is 310 g/mol. The highest BCUT2D eigenvalue weighted by molar-refractivity contribution is 5.63. The van der Waals surface area contributed by atoms with E-state index in [0.29, 0.717) is 6.42 Å². The monoisotopic (exact) mass is 310 g/mol. The van der Waals surface area contributed by atoms with Crippen LogP contribution in [0.15, 0.2) is 48.7 Å².